The van der Waals surface area contributed by atoms with Gasteiger partial charge in [0.2, 0.25) is 0 Å². The minimum absolute atomic E-state index is 0.103. The molecule has 0 fully saturated rings. The van der Waals surface area contributed by atoms with Gasteiger partial charge >= 0.3 is 0 Å². The number of carbonyl (C=O) groups excluding carboxylic acids is 1. The molecule has 1 heterocycles. The summed E-state index contributed by atoms with van der Waals surface area (Å²) in [7, 11) is 0. The minimum Gasteiger partial charge on any atom is -0.384 e. The molecule has 1 amide bonds. The van der Waals surface area contributed by atoms with E-state index < -0.39 is 0 Å². The highest BCUT2D eigenvalue weighted by atomic mass is 32.1. The molecule has 0 saturated heterocycles. The molecule has 0 radical (unpaired) electrons. The molecule has 102 valence electrons. The van der Waals surface area contributed by atoms with Gasteiger partial charge in [-0.3, -0.25) is 4.79 Å². The molecule has 1 aromatic heterocycles. The van der Waals surface area contributed by atoms with Crippen LogP contribution < -0.4 is 5.32 Å². The van der Waals surface area contributed by atoms with E-state index in [0.29, 0.717) is 11.4 Å². The van der Waals surface area contributed by atoms with Gasteiger partial charge in [0.25, 0.3) is 5.91 Å². The maximum absolute atomic E-state index is 12.0. The smallest absolute Gasteiger partial charge is 0.261 e. The fraction of sp³-hybridized carbons (Fsp3) is 0.188. The van der Waals surface area contributed by atoms with E-state index in [1.54, 1.807) is 12.1 Å². The minimum atomic E-state index is -0.174. The zero-order chi connectivity index (χ0) is 14.4. The highest BCUT2D eigenvalue weighted by Crippen LogP contribution is 2.15. The molecule has 0 aliphatic carbocycles. The Hall–Kier alpha value is -2.09. The SMILES string of the molecule is Cc1cccc(CNC(=O)c2ccc(C#CCO)s2)c1. The van der Waals surface area contributed by atoms with Gasteiger partial charge in [-0.05, 0) is 24.6 Å². The first-order valence-corrected chi connectivity index (χ1v) is 7.04. The van der Waals surface area contributed by atoms with E-state index in [1.165, 1.54) is 16.9 Å². The van der Waals surface area contributed by atoms with Gasteiger partial charge in [-0.15, -0.1) is 11.3 Å². The van der Waals surface area contributed by atoms with Gasteiger partial charge in [0, 0.05) is 6.54 Å². The van der Waals surface area contributed by atoms with Crippen LogP contribution in [0.15, 0.2) is 36.4 Å². The Morgan fingerprint density at radius 1 is 1.35 bits per heavy atom. The third-order valence-corrected chi connectivity index (χ3v) is 3.66. The molecular formula is C16H15NO2S. The highest BCUT2D eigenvalue weighted by Gasteiger charge is 2.08. The quantitative estimate of drug-likeness (QED) is 0.850. The third kappa shape index (κ3) is 3.95. The van der Waals surface area contributed by atoms with E-state index in [4.69, 9.17) is 5.11 Å². The number of nitrogens with one attached hydrogen (secondary N) is 1. The molecule has 20 heavy (non-hydrogen) atoms. The first-order chi connectivity index (χ1) is 9.69. The molecule has 3 nitrogen and oxygen atoms in total. The van der Waals surface area contributed by atoms with Crippen LogP contribution in [0.5, 0.6) is 0 Å². The summed E-state index contributed by atoms with van der Waals surface area (Å²) in [6.45, 7) is 2.36. The van der Waals surface area contributed by atoms with Crippen molar-refractivity contribution >= 4 is 17.2 Å². The summed E-state index contributed by atoms with van der Waals surface area (Å²) in [6.07, 6.45) is 0. The normalized spacial score (nSPS) is 9.70. The first-order valence-electron chi connectivity index (χ1n) is 6.22. The lowest BCUT2D eigenvalue weighted by Crippen LogP contribution is -2.21. The summed E-state index contributed by atoms with van der Waals surface area (Å²) < 4.78 is 0. The first kappa shape index (κ1) is 14.3. The van der Waals surface area contributed by atoms with E-state index in [9.17, 15) is 4.79 Å². The predicted molar refractivity (Wildman–Crippen MR) is 80.6 cm³/mol. The van der Waals surface area contributed by atoms with Crippen molar-refractivity contribution < 1.29 is 9.90 Å². The van der Waals surface area contributed by atoms with Crippen molar-refractivity contribution in [3.05, 3.63) is 57.3 Å². The maximum Gasteiger partial charge on any atom is 0.261 e. The number of carbonyl (C=O) groups is 1. The van der Waals surface area contributed by atoms with Crippen LogP contribution in [-0.4, -0.2) is 17.6 Å². The summed E-state index contributed by atoms with van der Waals surface area (Å²) in [4.78, 5) is 13.4. The summed E-state index contributed by atoms with van der Waals surface area (Å²) in [5.74, 6) is 5.25. The van der Waals surface area contributed by atoms with Crippen molar-refractivity contribution in [1.82, 2.24) is 5.32 Å². The average molecular weight is 285 g/mol. The van der Waals surface area contributed by atoms with Crippen LogP contribution in [0.2, 0.25) is 0 Å². The summed E-state index contributed by atoms with van der Waals surface area (Å²) >= 11 is 1.32. The molecule has 0 bridgehead atoms. The number of aliphatic hydroxyl groups is 1. The lowest BCUT2D eigenvalue weighted by atomic mass is 10.1. The van der Waals surface area contributed by atoms with Gasteiger partial charge in [0.1, 0.15) is 6.61 Å². The standard InChI is InChI=1S/C16H15NO2S/c1-12-4-2-5-13(10-12)11-17-16(19)15-8-7-14(20-15)6-3-9-18/h2,4-5,7-8,10,18H,9,11H2,1H3,(H,17,19). The van der Waals surface area contributed by atoms with E-state index >= 15 is 0 Å². The van der Waals surface area contributed by atoms with E-state index in [1.807, 2.05) is 31.2 Å². The largest absolute Gasteiger partial charge is 0.384 e. The fourth-order valence-electron chi connectivity index (χ4n) is 1.75. The van der Waals surface area contributed by atoms with Crippen LogP contribution >= 0.6 is 11.3 Å². The number of amides is 1. The van der Waals surface area contributed by atoms with E-state index in [-0.39, 0.29) is 12.5 Å². The molecule has 0 atom stereocenters. The van der Waals surface area contributed by atoms with Crippen LogP contribution in [0.25, 0.3) is 0 Å². The molecule has 0 spiro atoms. The van der Waals surface area contributed by atoms with Crippen molar-refractivity contribution in [2.75, 3.05) is 6.61 Å². The Kier molecular flexibility index (Phi) is 4.94. The van der Waals surface area contributed by atoms with Crippen LogP contribution in [0.4, 0.5) is 0 Å². The number of thiophene rings is 1. The number of hydrogen-bond acceptors (Lipinski definition) is 3. The molecular weight excluding hydrogens is 270 g/mol. The Balaban J connectivity index is 1.96. The second kappa shape index (κ2) is 6.90. The van der Waals surface area contributed by atoms with E-state index in [2.05, 4.69) is 17.2 Å². The molecule has 0 unspecified atom stereocenters. The van der Waals surface area contributed by atoms with Crippen molar-refractivity contribution in [3.8, 4) is 11.8 Å². The monoisotopic (exact) mass is 285 g/mol. The van der Waals surface area contributed by atoms with Crippen LogP contribution in [0.1, 0.15) is 25.7 Å². The number of benzene rings is 1. The van der Waals surface area contributed by atoms with Crippen molar-refractivity contribution in [2.24, 2.45) is 0 Å². The van der Waals surface area contributed by atoms with Crippen molar-refractivity contribution in [1.29, 1.82) is 0 Å². The molecule has 1 aromatic carbocycles. The second-order valence-corrected chi connectivity index (χ2v) is 5.38. The number of aryl methyl sites for hydroxylation is 1. The molecule has 2 aromatic rings. The predicted octanol–water partition coefficient (Wildman–Crippen LogP) is 2.33. The maximum atomic E-state index is 12.0. The van der Waals surface area contributed by atoms with Crippen LogP contribution in [0.3, 0.4) is 0 Å². The van der Waals surface area contributed by atoms with Gasteiger partial charge in [0.15, 0.2) is 0 Å². The zero-order valence-corrected chi connectivity index (χ0v) is 12.0. The Morgan fingerprint density at radius 3 is 2.95 bits per heavy atom. The highest BCUT2D eigenvalue weighted by molar-refractivity contribution is 7.14. The lowest BCUT2D eigenvalue weighted by molar-refractivity contribution is 0.0955. The lowest BCUT2D eigenvalue weighted by Gasteiger charge is -2.04. The van der Waals surface area contributed by atoms with Crippen LogP contribution in [0, 0.1) is 18.8 Å². The van der Waals surface area contributed by atoms with Gasteiger partial charge < -0.3 is 10.4 Å². The molecule has 4 heteroatoms. The fourth-order valence-corrected chi connectivity index (χ4v) is 2.54. The van der Waals surface area contributed by atoms with E-state index in [0.717, 1.165) is 10.4 Å². The summed E-state index contributed by atoms with van der Waals surface area (Å²) in [5.41, 5.74) is 2.25. The molecule has 0 saturated carbocycles. The van der Waals surface area contributed by atoms with Crippen LogP contribution in [-0.2, 0) is 6.54 Å². The number of hydrogen-bond donors (Lipinski definition) is 2. The van der Waals surface area contributed by atoms with Gasteiger partial charge in [-0.1, -0.05) is 41.7 Å². The molecule has 2 N–H and O–H groups in total. The number of rotatable bonds is 3. The Bertz CT molecular complexity index is 664. The molecule has 0 aliphatic heterocycles. The third-order valence-electron chi connectivity index (χ3n) is 2.66. The Morgan fingerprint density at radius 2 is 2.20 bits per heavy atom. The van der Waals surface area contributed by atoms with Gasteiger partial charge in [-0.2, -0.15) is 0 Å². The molecule has 0 aliphatic rings. The average Bonchev–Trinajstić information content (AvgIpc) is 2.91. The summed E-state index contributed by atoms with van der Waals surface area (Å²) in [5, 5.41) is 11.5. The Labute approximate surface area is 122 Å². The van der Waals surface area contributed by atoms with Gasteiger partial charge in [-0.25, -0.2) is 0 Å². The topological polar surface area (TPSA) is 49.3 Å². The van der Waals surface area contributed by atoms with Gasteiger partial charge in [0.05, 0.1) is 9.75 Å². The van der Waals surface area contributed by atoms with Crippen molar-refractivity contribution in [3.63, 3.8) is 0 Å². The second-order valence-electron chi connectivity index (χ2n) is 4.30. The zero-order valence-electron chi connectivity index (χ0n) is 11.1. The molecule has 2 rings (SSSR count). The number of aliphatic hydroxyl groups excluding tert-OH is 1. The summed E-state index contributed by atoms with van der Waals surface area (Å²) in [6, 6.07) is 11.6. The van der Waals surface area contributed by atoms with Crippen molar-refractivity contribution in [2.45, 2.75) is 13.5 Å².